The quantitative estimate of drug-likeness (QED) is 0.938. The van der Waals surface area contributed by atoms with Gasteiger partial charge in [-0.15, -0.1) is 0 Å². The lowest BCUT2D eigenvalue weighted by atomic mass is 9.82. The first-order valence-corrected chi connectivity index (χ1v) is 7.45. The second kappa shape index (κ2) is 6.24. The molecule has 0 saturated carbocycles. The molecule has 2 atom stereocenters. The maximum Gasteiger partial charge on any atom is 0.401 e. The van der Waals surface area contributed by atoms with E-state index in [1.165, 1.54) is 4.90 Å². The molecule has 7 heteroatoms. The van der Waals surface area contributed by atoms with E-state index in [-0.39, 0.29) is 6.54 Å². The van der Waals surface area contributed by atoms with Crippen LogP contribution in [-0.2, 0) is 4.79 Å². The lowest BCUT2D eigenvalue weighted by Crippen LogP contribution is -2.46. The number of halogens is 3. The summed E-state index contributed by atoms with van der Waals surface area (Å²) in [5.41, 5.74) is 7.42. The predicted octanol–water partition coefficient (Wildman–Crippen LogP) is 2.62. The molecule has 2 unspecified atom stereocenters. The van der Waals surface area contributed by atoms with Crippen molar-refractivity contribution >= 4 is 5.91 Å². The smallest absolute Gasteiger partial charge is 0.369 e. The number of fused-ring (bicyclic) bond motifs is 1. The Morgan fingerprint density at radius 1 is 1.21 bits per heavy atom. The molecule has 126 valence electrons. The van der Waals surface area contributed by atoms with Gasteiger partial charge in [0.15, 0.2) is 0 Å². The van der Waals surface area contributed by atoms with Crippen molar-refractivity contribution < 1.29 is 18.0 Å². The Bertz CT molecular complexity index is 733. The molecule has 0 spiro atoms. The summed E-state index contributed by atoms with van der Waals surface area (Å²) in [4.78, 5) is 17.0. The molecule has 0 aliphatic carbocycles. The molecular formula is C17H16F3N3O. The molecule has 1 aromatic carbocycles. The molecule has 2 N–H and O–H groups in total. The summed E-state index contributed by atoms with van der Waals surface area (Å²) < 4.78 is 39.2. The molecule has 1 aromatic heterocycles. The van der Waals surface area contributed by atoms with Crippen molar-refractivity contribution in [3.05, 3.63) is 65.5 Å². The number of aromatic nitrogens is 1. The van der Waals surface area contributed by atoms with Crippen molar-refractivity contribution in [1.29, 1.82) is 0 Å². The maximum atomic E-state index is 13.1. The minimum absolute atomic E-state index is 0.0780. The molecule has 1 aliphatic rings. The van der Waals surface area contributed by atoms with Gasteiger partial charge in [0, 0.05) is 18.9 Å². The number of hydrogen-bond acceptors (Lipinski definition) is 3. The highest BCUT2D eigenvalue weighted by Crippen LogP contribution is 2.40. The number of nitrogens with zero attached hydrogens (tertiary/aromatic N) is 2. The third-order valence-corrected chi connectivity index (χ3v) is 4.17. The number of carbonyl (C=O) groups excluding carboxylic acids is 1. The number of alkyl halides is 3. The van der Waals surface area contributed by atoms with E-state index in [9.17, 15) is 18.0 Å². The fraction of sp³-hybridized carbons (Fsp3) is 0.294. The molecule has 3 rings (SSSR count). The standard InChI is InChI=1S/C17H16F3N3O/c18-17(19,20)10-23-9-14(16(21)24)12-5-1-2-6-13(12)15(23)11-4-3-7-22-8-11/h1-8,14-15H,9-10H2,(H2,21,24). The van der Waals surface area contributed by atoms with Gasteiger partial charge in [-0.25, -0.2) is 0 Å². The van der Waals surface area contributed by atoms with E-state index in [2.05, 4.69) is 4.98 Å². The number of hydrogen-bond donors (Lipinski definition) is 1. The van der Waals surface area contributed by atoms with Gasteiger partial charge < -0.3 is 5.73 Å². The predicted molar refractivity (Wildman–Crippen MR) is 82.1 cm³/mol. The Morgan fingerprint density at radius 3 is 2.50 bits per heavy atom. The second-order valence-corrected chi connectivity index (χ2v) is 5.82. The van der Waals surface area contributed by atoms with Gasteiger partial charge in [0.2, 0.25) is 5.91 Å². The largest absolute Gasteiger partial charge is 0.401 e. The third kappa shape index (κ3) is 3.26. The number of primary amides is 1. The number of rotatable bonds is 3. The van der Waals surface area contributed by atoms with Crippen molar-refractivity contribution in [2.45, 2.75) is 18.1 Å². The summed E-state index contributed by atoms with van der Waals surface area (Å²) in [5, 5.41) is 0. The fourth-order valence-corrected chi connectivity index (χ4v) is 3.27. The number of benzene rings is 1. The van der Waals surface area contributed by atoms with Gasteiger partial charge in [-0.2, -0.15) is 13.2 Å². The molecule has 0 radical (unpaired) electrons. The van der Waals surface area contributed by atoms with Gasteiger partial charge in [0.1, 0.15) is 0 Å². The minimum Gasteiger partial charge on any atom is -0.369 e. The Balaban J connectivity index is 2.12. The molecule has 2 aromatic rings. The lowest BCUT2D eigenvalue weighted by molar-refractivity contribution is -0.152. The van der Waals surface area contributed by atoms with E-state index in [0.717, 1.165) is 0 Å². The molecule has 0 saturated heterocycles. The van der Waals surface area contributed by atoms with Crippen LogP contribution in [0.15, 0.2) is 48.8 Å². The molecule has 2 heterocycles. The van der Waals surface area contributed by atoms with E-state index in [1.54, 1.807) is 48.8 Å². The first-order valence-electron chi connectivity index (χ1n) is 7.45. The van der Waals surface area contributed by atoms with Crippen LogP contribution in [0.1, 0.15) is 28.7 Å². The van der Waals surface area contributed by atoms with Gasteiger partial charge in [0.05, 0.1) is 18.5 Å². The minimum atomic E-state index is -4.38. The first kappa shape index (κ1) is 16.4. The van der Waals surface area contributed by atoms with Crippen molar-refractivity contribution in [2.75, 3.05) is 13.1 Å². The number of pyridine rings is 1. The molecule has 0 bridgehead atoms. The average Bonchev–Trinajstić information content (AvgIpc) is 2.53. The van der Waals surface area contributed by atoms with Crippen molar-refractivity contribution in [1.82, 2.24) is 9.88 Å². The van der Waals surface area contributed by atoms with Crippen LogP contribution >= 0.6 is 0 Å². The summed E-state index contributed by atoms with van der Waals surface area (Å²) in [7, 11) is 0. The Morgan fingerprint density at radius 2 is 1.92 bits per heavy atom. The summed E-state index contributed by atoms with van der Waals surface area (Å²) >= 11 is 0. The van der Waals surface area contributed by atoms with Crippen LogP contribution < -0.4 is 5.73 Å². The summed E-state index contributed by atoms with van der Waals surface area (Å²) in [6.07, 6.45) is -1.26. The zero-order chi connectivity index (χ0) is 17.3. The molecular weight excluding hydrogens is 319 g/mol. The second-order valence-electron chi connectivity index (χ2n) is 5.82. The SMILES string of the molecule is NC(=O)C1CN(CC(F)(F)F)C(c2cccnc2)c2ccccc21. The van der Waals surface area contributed by atoms with Crippen LogP contribution in [-0.4, -0.2) is 35.1 Å². The van der Waals surface area contributed by atoms with Crippen molar-refractivity contribution in [2.24, 2.45) is 5.73 Å². The zero-order valence-corrected chi connectivity index (χ0v) is 12.7. The van der Waals surface area contributed by atoms with Gasteiger partial charge >= 0.3 is 6.18 Å². The lowest BCUT2D eigenvalue weighted by Gasteiger charge is -2.40. The zero-order valence-electron chi connectivity index (χ0n) is 12.7. The number of amides is 1. The average molecular weight is 335 g/mol. The van der Waals surface area contributed by atoms with Gasteiger partial charge in [-0.05, 0) is 22.8 Å². The van der Waals surface area contributed by atoms with Gasteiger partial charge in [-0.1, -0.05) is 30.3 Å². The van der Waals surface area contributed by atoms with Crippen LogP contribution in [0.3, 0.4) is 0 Å². The van der Waals surface area contributed by atoms with Crippen LogP contribution in [0.2, 0.25) is 0 Å². The molecule has 4 nitrogen and oxygen atoms in total. The Hall–Kier alpha value is -2.41. The monoisotopic (exact) mass is 335 g/mol. The molecule has 0 fully saturated rings. The van der Waals surface area contributed by atoms with Crippen LogP contribution in [0, 0.1) is 0 Å². The van der Waals surface area contributed by atoms with E-state index < -0.39 is 30.6 Å². The molecule has 1 amide bonds. The Kier molecular flexibility index (Phi) is 4.28. The first-order chi connectivity index (χ1) is 11.4. The van der Waals surface area contributed by atoms with Gasteiger partial charge in [-0.3, -0.25) is 14.7 Å². The van der Waals surface area contributed by atoms with E-state index in [4.69, 9.17) is 5.73 Å². The highest BCUT2D eigenvalue weighted by molar-refractivity contribution is 5.83. The van der Waals surface area contributed by atoms with E-state index in [0.29, 0.717) is 16.7 Å². The Labute approximate surface area is 137 Å². The normalized spacial score (nSPS) is 21.3. The van der Waals surface area contributed by atoms with Crippen LogP contribution in [0.4, 0.5) is 13.2 Å². The van der Waals surface area contributed by atoms with Gasteiger partial charge in [0.25, 0.3) is 0 Å². The molecule has 1 aliphatic heterocycles. The van der Waals surface area contributed by atoms with Crippen LogP contribution in [0.5, 0.6) is 0 Å². The van der Waals surface area contributed by atoms with Crippen molar-refractivity contribution in [3.8, 4) is 0 Å². The van der Waals surface area contributed by atoms with Crippen LogP contribution in [0.25, 0.3) is 0 Å². The summed E-state index contributed by atoms with van der Waals surface area (Å²) in [6, 6.07) is 9.80. The van der Waals surface area contributed by atoms with E-state index >= 15 is 0 Å². The maximum absolute atomic E-state index is 13.1. The third-order valence-electron chi connectivity index (χ3n) is 4.17. The van der Waals surface area contributed by atoms with E-state index in [1.807, 2.05) is 0 Å². The molecule has 24 heavy (non-hydrogen) atoms. The number of nitrogens with two attached hydrogens (primary N) is 1. The highest BCUT2D eigenvalue weighted by atomic mass is 19.4. The summed E-state index contributed by atoms with van der Waals surface area (Å²) in [6.45, 7) is -1.20. The topological polar surface area (TPSA) is 59.2 Å². The fourth-order valence-electron chi connectivity index (χ4n) is 3.27. The van der Waals surface area contributed by atoms with Crippen molar-refractivity contribution in [3.63, 3.8) is 0 Å². The number of carbonyl (C=O) groups is 1. The summed E-state index contributed by atoms with van der Waals surface area (Å²) in [5.74, 6) is -1.39. The highest BCUT2D eigenvalue weighted by Gasteiger charge is 2.41.